The topological polar surface area (TPSA) is 61.4 Å². The molecule has 0 atom stereocenters. The molecule has 142 valence electrons. The zero-order valence-electron chi connectivity index (χ0n) is 15.3. The Morgan fingerprint density at radius 3 is 2.46 bits per heavy atom. The quantitative estimate of drug-likeness (QED) is 0.756. The van der Waals surface area contributed by atoms with E-state index in [4.69, 9.17) is 0 Å². The molecular formula is C21H20FN5O. The molecule has 3 aromatic rings. The van der Waals surface area contributed by atoms with Crippen molar-refractivity contribution in [3.05, 3.63) is 78.5 Å². The van der Waals surface area contributed by atoms with Crippen LogP contribution >= 0.6 is 0 Å². The van der Waals surface area contributed by atoms with Gasteiger partial charge in [0.25, 0.3) is 5.91 Å². The number of nitrogens with zero attached hydrogens (tertiary/aromatic N) is 4. The predicted molar refractivity (Wildman–Crippen MR) is 106 cm³/mol. The summed E-state index contributed by atoms with van der Waals surface area (Å²) in [7, 11) is 0. The first-order valence-electron chi connectivity index (χ1n) is 9.13. The zero-order chi connectivity index (χ0) is 19.3. The Morgan fingerprint density at radius 1 is 0.929 bits per heavy atom. The van der Waals surface area contributed by atoms with Gasteiger partial charge in [-0.15, -0.1) is 0 Å². The fourth-order valence-electron chi connectivity index (χ4n) is 3.18. The molecule has 1 aliphatic rings. The van der Waals surface area contributed by atoms with E-state index >= 15 is 0 Å². The number of anilines is 3. The molecule has 1 amide bonds. The number of rotatable bonds is 4. The molecule has 7 heteroatoms. The number of aromatic nitrogens is 2. The van der Waals surface area contributed by atoms with Crippen LogP contribution in [0.15, 0.2) is 67.0 Å². The van der Waals surface area contributed by atoms with E-state index in [0.29, 0.717) is 30.2 Å². The van der Waals surface area contributed by atoms with Crippen LogP contribution in [0.4, 0.5) is 21.6 Å². The van der Waals surface area contributed by atoms with Crippen LogP contribution in [-0.2, 0) is 0 Å². The average molecular weight is 377 g/mol. The van der Waals surface area contributed by atoms with Crippen molar-refractivity contribution in [3.63, 3.8) is 0 Å². The number of nitrogens with one attached hydrogen (secondary N) is 1. The van der Waals surface area contributed by atoms with Crippen molar-refractivity contribution in [1.29, 1.82) is 0 Å². The SMILES string of the molecule is O=C(c1cc(Nc2ccccc2F)ccn1)N1CCN(c2ccccn2)CC1. The summed E-state index contributed by atoms with van der Waals surface area (Å²) in [4.78, 5) is 25.4. The highest BCUT2D eigenvalue weighted by Gasteiger charge is 2.23. The summed E-state index contributed by atoms with van der Waals surface area (Å²) in [6.07, 6.45) is 3.32. The molecule has 0 bridgehead atoms. The first-order chi connectivity index (χ1) is 13.7. The Kier molecular flexibility index (Phi) is 5.14. The van der Waals surface area contributed by atoms with Gasteiger partial charge >= 0.3 is 0 Å². The van der Waals surface area contributed by atoms with E-state index in [1.807, 2.05) is 18.2 Å². The summed E-state index contributed by atoms with van der Waals surface area (Å²) < 4.78 is 13.8. The lowest BCUT2D eigenvalue weighted by atomic mass is 10.2. The number of pyridine rings is 2. The summed E-state index contributed by atoms with van der Waals surface area (Å²) in [6.45, 7) is 2.63. The molecule has 0 spiro atoms. The van der Waals surface area contributed by atoms with Gasteiger partial charge in [-0.1, -0.05) is 18.2 Å². The smallest absolute Gasteiger partial charge is 0.272 e. The highest BCUT2D eigenvalue weighted by Crippen LogP contribution is 2.20. The van der Waals surface area contributed by atoms with Gasteiger partial charge in [0.15, 0.2) is 0 Å². The molecule has 1 aliphatic heterocycles. The summed E-state index contributed by atoms with van der Waals surface area (Å²) in [6, 6.07) is 15.6. The van der Waals surface area contributed by atoms with Gasteiger partial charge in [0, 0.05) is 44.3 Å². The van der Waals surface area contributed by atoms with Gasteiger partial charge in [0.2, 0.25) is 0 Å². The minimum Gasteiger partial charge on any atom is -0.353 e. The number of amides is 1. The van der Waals surface area contributed by atoms with Crippen molar-refractivity contribution >= 4 is 23.1 Å². The van der Waals surface area contributed by atoms with Gasteiger partial charge < -0.3 is 15.1 Å². The van der Waals surface area contributed by atoms with Gasteiger partial charge in [-0.3, -0.25) is 9.78 Å². The summed E-state index contributed by atoms with van der Waals surface area (Å²) in [5.74, 6) is 0.444. The standard InChI is InChI=1S/C21H20FN5O/c22-17-5-1-2-6-18(17)25-16-8-10-23-19(15-16)21(28)27-13-11-26(12-14-27)20-7-3-4-9-24-20/h1-10,15H,11-14H2,(H,23,25). The summed E-state index contributed by atoms with van der Waals surface area (Å²) >= 11 is 0. The minimum atomic E-state index is -0.349. The van der Waals surface area contributed by atoms with Gasteiger partial charge in [-0.25, -0.2) is 9.37 Å². The van der Waals surface area contributed by atoms with Crippen molar-refractivity contribution < 1.29 is 9.18 Å². The lowest BCUT2D eigenvalue weighted by Crippen LogP contribution is -2.49. The molecule has 4 rings (SSSR count). The van der Waals surface area contributed by atoms with Crippen LogP contribution in [0.5, 0.6) is 0 Å². The van der Waals surface area contributed by atoms with Crippen LogP contribution in [0, 0.1) is 5.82 Å². The Balaban J connectivity index is 1.42. The van der Waals surface area contributed by atoms with E-state index in [0.717, 1.165) is 18.9 Å². The van der Waals surface area contributed by atoms with E-state index in [2.05, 4.69) is 20.2 Å². The van der Waals surface area contributed by atoms with Crippen LogP contribution < -0.4 is 10.2 Å². The molecule has 0 saturated carbocycles. The lowest BCUT2D eigenvalue weighted by molar-refractivity contribution is 0.0740. The second-order valence-corrected chi connectivity index (χ2v) is 6.50. The molecule has 0 aliphatic carbocycles. The van der Waals surface area contributed by atoms with Crippen molar-refractivity contribution in [3.8, 4) is 0 Å². The van der Waals surface area contributed by atoms with Crippen molar-refractivity contribution in [2.24, 2.45) is 0 Å². The molecule has 28 heavy (non-hydrogen) atoms. The second-order valence-electron chi connectivity index (χ2n) is 6.50. The van der Waals surface area contributed by atoms with Gasteiger partial charge in [0.1, 0.15) is 17.3 Å². The largest absolute Gasteiger partial charge is 0.353 e. The molecule has 0 radical (unpaired) electrons. The maximum Gasteiger partial charge on any atom is 0.272 e. The van der Waals surface area contributed by atoms with Gasteiger partial charge in [-0.05, 0) is 36.4 Å². The summed E-state index contributed by atoms with van der Waals surface area (Å²) in [5.41, 5.74) is 1.32. The van der Waals surface area contributed by atoms with Crippen LogP contribution in [0.25, 0.3) is 0 Å². The Bertz CT molecular complexity index is 958. The molecule has 1 N–H and O–H groups in total. The van der Waals surface area contributed by atoms with E-state index in [1.54, 1.807) is 47.6 Å². The Morgan fingerprint density at radius 2 is 1.71 bits per heavy atom. The fraction of sp³-hybridized carbons (Fsp3) is 0.190. The monoisotopic (exact) mass is 377 g/mol. The third-order valence-electron chi connectivity index (χ3n) is 4.67. The minimum absolute atomic E-state index is 0.127. The van der Waals surface area contributed by atoms with E-state index in [9.17, 15) is 9.18 Å². The van der Waals surface area contributed by atoms with Crippen molar-refractivity contribution in [2.45, 2.75) is 0 Å². The van der Waals surface area contributed by atoms with E-state index in [-0.39, 0.29) is 11.7 Å². The molecule has 2 aromatic heterocycles. The molecule has 0 unspecified atom stereocenters. The molecular weight excluding hydrogens is 357 g/mol. The molecule has 1 aromatic carbocycles. The van der Waals surface area contributed by atoms with E-state index < -0.39 is 0 Å². The third kappa shape index (κ3) is 3.93. The number of para-hydroxylation sites is 1. The first-order valence-corrected chi connectivity index (χ1v) is 9.13. The van der Waals surface area contributed by atoms with Crippen molar-refractivity contribution in [2.75, 3.05) is 36.4 Å². The predicted octanol–water partition coefficient (Wildman–Crippen LogP) is 3.32. The number of hydrogen-bond acceptors (Lipinski definition) is 5. The average Bonchev–Trinajstić information content (AvgIpc) is 2.76. The number of halogens is 1. The van der Waals surface area contributed by atoms with E-state index in [1.165, 1.54) is 6.07 Å². The summed E-state index contributed by atoms with van der Waals surface area (Å²) in [5, 5.41) is 3.00. The third-order valence-corrected chi connectivity index (χ3v) is 4.67. The second kappa shape index (κ2) is 8.04. The molecule has 1 fully saturated rings. The normalized spacial score (nSPS) is 14.0. The number of piperazine rings is 1. The van der Waals surface area contributed by atoms with Crippen LogP contribution in [0.1, 0.15) is 10.5 Å². The molecule has 3 heterocycles. The molecule has 1 saturated heterocycles. The van der Waals surface area contributed by atoms with Gasteiger partial charge in [0.05, 0.1) is 5.69 Å². The Hall–Kier alpha value is -3.48. The first kappa shape index (κ1) is 17.9. The number of carbonyl (C=O) groups excluding carboxylic acids is 1. The molecule has 6 nitrogen and oxygen atoms in total. The van der Waals surface area contributed by atoms with Crippen LogP contribution in [0.3, 0.4) is 0 Å². The number of benzene rings is 1. The Labute approximate surface area is 162 Å². The lowest BCUT2D eigenvalue weighted by Gasteiger charge is -2.35. The maximum atomic E-state index is 13.8. The van der Waals surface area contributed by atoms with Crippen LogP contribution in [0.2, 0.25) is 0 Å². The zero-order valence-corrected chi connectivity index (χ0v) is 15.3. The van der Waals surface area contributed by atoms with Crippen molar-refractivity contribution in [1.82, 2.24) is 14.9 Å². The number of carbonyl (C=O) groups is 1. The van der Waals surface area contributed by atoms with Crippen LogP contribution in [-0.4, -0.2) is 47.0 Å². The maximum absolute atomic E-state index is 13.8. The highest BCUT2D eigenvalue weighted by atomic mass is 19.1. The number of hydrogen-bond donors (Lipinski definition) is 1. The highest BCUT2D eigenvalue weighted by molar-refractivity contribution is 5.93. The fourth-order valence-corrected chi connectivity index (χ4v) is 3.18. The van der Waals surface area contributed by atoms with Gasteiger partial charge in [-0.2, -0.15) is 0 Å².